The lowest BCUT2D eigenvalue weighted by Gasteiger charge is -2.26. The highest BCUT2D eigenvalue weighted by molar-refractivity contribution is 7.89. The fourth-order valence-electron chi connectivity index (χ4n) is 3.36. The van der Waals surface area contributed by atoms with Gasteiger partial charge in [-0.3, -0.25) is 4.79 Å². The molecular formula is C20H22F2N2O3S. The van der Waals surface area contributed by atoms with Gasteiger partial charge in [0.15, 0.2) is 11.6 Å². The predicted molar refractivity (Wildman–Crippen MR) is 102 cm³/mol. The van der Waals surface area contributed by atoms with Crippen LogP contribution in [0.15, 0.2) is 41.3 Å². The van der Waals surface area contributed by atoms with Gasteiger partial charge in [0.05, 0.1) is 4.90 Å². The van der Waals surface area contributed by atoms with Gasteiger partial charge in [-0.2, -0.15) is 4.31 Å². The van der Waals surface area contributed by atoms with Crippen molar-refractivity contribution in [3.05, 3.63) is 59.2 Å². The Kier molecular flexibility index (Phi) is 5.54. The molecule has 1 aliphatic heterocycles. The highest BCUT2D eigenvalue weighted by Crippen LogP contribution is 2.31. The number of nitrogens with zero attached hydrogens (tertiary/aromatic N) is 2. The molecule has 1 atom stereocenters. The number of carbonyl (C=O) groups excluding carboxylic acids is 1. The van der Waals surface area contributed by atoms with Crippen molar-refractivity contribution in [3.63, 3.8) is 0 Å². The third-order valence-electron chi connectivity index (χ3n) is 5.17. The monoisotopic (exact) mass is 408 g/mol. The normalized spacial score (nSPS) is 16.1. The minimum Gasteiger partial charge on any atom is -0.312 e. The number of halogens is 2. The van der Waals surface area contributed by atoms with Crippen LogP contribution in [-0.2, 0) is 14.8 Å². The third-order valence-corrected chi connectivity index (χ3v) is 7.26. The van der Waals surface area contributed by atoms with Gasteiger partial charge in [0.2, 0.25) is 15.9 Å². The Labute approximate surface area is 163 Å². The molecule has 1 heterocycles. The first-order valence-electron chi connectivity index (χ1n) is 8.97. The van der Waals surface area contributed by atoms with Gasteiger partial charge in [-0.25, -0.2) is 17.2 Å². The van der Waals surface area contributed by atoms with Crippen LogP contribution in [0.1, 0.15) is 36.9 Å². The molecule has 3 rings (SSSR count). The van der Waals surface area contributed by atoms with Crippen molar-refractivity contribution in [2.24, 2.45) is 0 Å². The number of sulfonamides is 1. The van der Waals surface area contributed by atoms with Crippen LogP contribution < -0.4 is 4.90 Å². The zero-order valence-corrected chi connectivity index (χ0v) is 16.8. The minimum absolute atomic E-state index is 0.0269. The summed E-state index contributed by atoms with van der Waals surface area (Å²) in [6.45, 7) is 3.90. The average Bonchev–Trinajstić information content (AvgIpc) is 3.08. The maximum absolute atomic E-state index is 13.5. The molecule has 0 saturated carbocycles. The molecule has 1 unspecified atom stereocenters. The van der Waals surface area contributed by atoms with Crippen molar-refractivity contribution in [3.8, 4) is 0 Å². The molecule has 2 aromatic rings. The second-order valence-corrected chi connectivity index (χ2v) is 8.94. The van der Waals surface area contributed by atoms with E-state index in [9.17, 15) is 22.0 Å². The Hall–Kier alpha value is -2.32. The smallest absolute Gasteiger partial charge is 0.243 e. The molecule has 0 spiro atoms. The second-order valence-electron chi connectivity index (χ2n) is 6.97. The number of anilines is 1. The highest BCUT2D eigenvalue weighted by atomic mass is 32.2. The van der Waals surface area contributed by atoms with E-state index in [-0.39, 0.29) is 10.8 Å². The number of rotatable bonds is 5. The molecule has 0 aliphatic carbocycles. The fraction of sp³-hybridized carbons (Fsp3) is 0.350. The molecule has 0 aromatic heterocycles. The second kappa shape index (κ2) is 7.60. The first kappa shape index (κ1) is 20.4. The summed E-state index contributed by atoms with van der Waals surface area (Å²) >= 11 is 0. The average molecular weight is 408 g/mol. The summed E-state index contributed by atoms with van der Waals surface area (Å²) in [5.74, 6) is -1.98. The van der Waals surface area contributed by atoms with Gasteiger partial charge in [0.25, 0.3) is 0 Å². The van der Waals surface area contributed by atoms with Gasteiger partial charge in [-0.1, -0.05) is 6.07 Å². The molecule has 1 saturated heterocycles. The number of aryl methyl sites for hydroxylation is 1. The lowest BCUT2D eigenvalue weighted by molar-refractivity contribution is -0.117. The molecule has 8 heteroatoms. The van der Waals surface area contributed by atoms with Gasteiger partial charge in [-0.15, -0.1) is 0 Å². The standard InChI is InChI=1S/C20H22F2N2O3S/c1-13-11-16(24-10-4-5-20(24)25)7-9-19(13)28(26,27)23(3)14(2)15-6-8-17(21)18(22)12-15/h6-9,11-12,14H,4-5,10H2,1-3H3. The van der Waals surface area contributed by atoms with Crippen LogP contribution >= 0.6 is 0 Å². The Morgan fingerprint density at radius 2 is 1.82 bits per heavy atom. The number of hydrogen-bond donors (Lipinski definition) is 0. The van der Waals surface area contributed by atoms with Crippen LogP contribution in [0, 0.1) is 18.6 Å². The van der Waals surface area contributed by atoms with E-state index in [1.165, 1.54) is 19.2 Å². The van der Waals surface area contributed by atoms with Crippen molar-refractivity contribution in [1.29, 1.82) is 0 Å². The van der Waals surface area contributed by atoms with Crippen LogP contribution in [-0.4, -0.2) is 32.2 Å². The molecule has 1 aliphatic rings. The van der Waals surface area contributed by atoms with E-state index in [1.54, 1.807) is 30.9 Å². The lowest BCUT2D eigenvalue weighted by atomic mass is 10.1. The van der Waals surface area contributed by atoms with Gasteiger partial charge < -0.3 is 4.90 Å². The summed E-state index contributed by atoms with van der Waals surface area (Å²) < 4.78 is 54.0. The van der Waals surface area contributed by atoms with Crippen molar-refractivity contribution in [2.75, 3.05) is 18.5 Å². The largest absolute Gasteiger partial charge is 0.312 e. The summed E-state index contributed by atoms with van der Waals surface area (Å²) in [7, 11) is -2.48. The van der Waals surface area contributed by atoms with E-state index >= 15 is 0 Å². The van der Waals surface area contributed by atoms with E-state index in [4.69, 9.17) is 0 Å². The number of benzene rings is 2. The van der Waals surface area contributed by atoms with Crippen molar-refractivity contribution in [2.45, 2.75) is 37.6 Å². The highest BCUT2D eigenvalue weighted by Gasteiger charge is 2.29. The Morgan fingerprint density at radius 3 is 2.39 bits per heavy atom. The van der Waals surface area contributed by atoms with Crippen LogP contribution in [0.4, 0.5) is 14.5 Å². The molecule has 1 amide bonds. The van der Waals surface area contributed by atoms with E-state index in [2.05, 4.69) is 0 Å². The summed E-state index contributed by atoms with van der Waals surface area (Å²) in [6.07, 6.45) is 1.28. The van der Waals surface area contributed by atoms with E-state index in [1.807, 2.05) is 0 Å². The maximum atomic E-state index is 13.5. The molecule has 150 valence electrons. The van der Waals surface area contributed by atoms with E-state index < -0.39 is 27.7 Å². The van der Waals surface area contributed by atoms with Gasteiger partial charge in [-0.05, 0) is 61.7 Å². The lowest BCUT2D eigenvalue weighted by Crippen LogP contribution is -2.30. The van der Waals surface area contributed by atoms with Crippen molar-refractivity contribution < 1.29 is 22.0 Å². The SMILES string of the molecule is Cc1cc(N2CCCC2=O)ccc1S(=O)(=O)N(C)C(C)c1ccc(F)c(F)c1. The van der Waals surface area contributed by atoms with Gasteiger partial charge >= 0.3 is 0 Å². The fourth-order valence-corrected chi connectivity index (χ4v) is 4.91. The topological polar surface area (TPSA) is 57.7 Å². The molecule has 0 bridgehead atoms. The zero-order valence-electron chi connectivity index (χ0n) is 15.9. The minimum atomic E-state index is -3.88. The molecule has 0 N–H and O–H groups in total. The van der Waals surface area contributed by atoms with E-state index in [0.29, 0.717) is 29.8 Å². The molecule has 1 fully saturated rings. The summed E-state index contributed by atoms with van der Waals surface area (Å²) in [5, 5.41) is 0. The Bertz CT molecular complexity index is 1020. The molecular weight excluding hydrogens is 386 g/mol. The molecule has 28 heavy (non-hydrogen) atoms. The van der Waals surface area contributed by atoms with Gasteiger partial charge in [0.1, 0.15) is 0 Å². The zero-order chi connectivity index (χ0) is 20.6. The molecule has 5 nitrogen and oxygen atoms in total. The Balaban J connectivity index is 1.90. The Morgan fingerprint density at radius 1 is 1.11 bits per heavy atom. The van der Waals surface area contributed by atoms with Crippen molar-refractivity contribution in [1.82, 2.24) is 4.31 Å². The van der Waals surface area contributed by atoms with Crippen LogP contribution in [0.5, 0.6) is 0 Å². The quantitative estimate of drug-likeness (QED) is 0.757. The summed E-state index contributed by atoms with van der Waals surface area (Å²) in [6, 6.07) is 7.45. The third kappa shape index (κ3) is 3.66. The molecule has 0 radical (unpaired) electrons. The predicted octanol–water partition coefficient (Wildman–Crippen LogP) is 3.78. The van der Waals surface area contributed by atoms with E-state index in [0.717, 1.165) is 22.9 Å². The number of hydrogen-bond acceptors (Lipinski definition) is 3. The summed E-state index contributed by atoms with van der Waals surface area (Å²) in [4.78, 5) is 13.7. The number of amides is 1. The van der Waals surface area contributed by atoms with Crippen LogP contribution in [0.3, 0.4) is 0 Å². The number of carbonyl (C=O) groups is 1. The van der Waals surface area contributed by atoms with Crippen LogP contribution in [0.2, 0.25) is 0 Å². The maximum Gasteiger partial charge on any atom is 0.243 e. The first-order valence-corrected chi connectivity index (χ1v) is 10.4. The van der Waals surface area contributed by atoms with Crippen LogP contribution in [0.25, 0.3) is 0 Å². The van der Waals surface area contributed by atoms with Gasteiger partial charge in [0, 0.05) is 31.7 Å². The van der Waals surface area contributed by atoms with Crippen molar-refractivity contribution >= 4 is 21.6 Å². The molecule has 2 aromatic carbocycles. The summed E-state index contributed by atoms with van der Waals surface area (Å²) in [5.41, 5.74) is 1.54. The first-order chi connectivity index (χ1) is 13.1.